The number of alkyl carbamates (subject to hydrolysis) is 1. The summed E-state index contributed by atoms with van der Waals surface area (Å²) < 4.78 is 7.11. The van der Waals surface area contributed by atoms with Crippen LogP contribution in [0.1, 0.15) is 33.0 Å². The number of carbonyl (C=O) groups excluding carboxylic acids is 1. The number of nitrogens with one attached hydrogen (secondary N) is 2. The third-order valence-corrected chi connectivity index (χ3v) is 2.87. The number of nitrogens with zero attached hydrogens (tertiary/aromatic N) is 3. The van der Waals surface area contributed by atoms with E-state index in [9.17, 15) is 4.79 Å². The fourth-order valence-electron chi connectivity index (χ4n) is 1.93. The Kier molecular flexibility index (Phi) is 5.32. The first-order valence-electron chi connectivity index (χ1n) is 7.42. The van der Waals surface area contributed by atoms with Crippen LogP contribution in [-0.4, -0.2) is 39.4 Å². The molecular weight excluding hydrogens is 282 g/mol. The van der Waals surface area contributed by atoms with Crippen LogP contribution < -0.4 is 10.6 Å². The van der Waals surface area contributed by atoms with Crippen molar-refractivity contribution in [2.75, 3.05) is 13.1 Å². The van der Waals surface area contributed by atoms with E-state index >= 15 is 0 Å². The Bertz CT molecular complexity index is 618. The highest BCUT2D eigenvalue weighted by Crippen LogP contribution is 2.06. The van der Waals surface area contributed by atoms with E-state index in [-0.39, 0.29) is 6.09 Å². The van der Waals surface area contributed by atoms with Gasteiger partial charge in [0.05, 0.1) is 6.54 Å². The summed E-state index contributed by atoms with van der Waals surface area (Å²) in [6, 6.07) is 5.80. The summed E-state index contributed by atoms with van der Waals surface area (Å²) in [5.74, 6) is 0.871. The van der Waals surface area contributed by atoms with E-state index in [2.05, 4.69) is 20.8 Å². The largest absolute Gasteiger partial charge is 0.444 e. The molecule has 2 aromatic rings. The average Bonchev–Trinajstić information content (AvgIpc) is 2.84. The summed E-state index contributed by atoms with van der Waals surface area (Å²) in [7, 11) is 0. The Morgan fingerprint density at radius 2 is 2.09 bits per heavy atom. The quantitative estimate of drug-likeness (QED) is 0.795. The van der Waals surface area contributed by atoms with Crippen LogP contribution in [0.2, 0.25) is 0 Å². The van der Waals surface area contributed by atoms with Gasteiger partial charge in [-0.3, -0.25) is 4.40 Å². The van der Waals surface area contributed by atoms with E-state index < -0.39 is 5.60 Å². The molecule has 7 nitrogen and oxygen atoms in total. The van der Waals surface area contributed by atoms with E-state index in [1.165, 1.54) is 0 Å². The smallest absolute Gasteiger partial charge is 0.407 e. The monoisotopic (exact) mass is 305 g/mol. The van der Waals surface area contributed by atoms with E-state index in [0.717, 1.165) is 24.4 Å². The molecule has 22 heavy (non-hydrogen) atoms. The van der Waals surface area contributed by atoms with E-state index in [0.29, 0.717) is 13.1 Å². The van der Waals surface area contributed by atoms with Crippen molar-refractivity contribution in [1.29, 1.82) is 0 Å². The minimum atomic E-state index is -0.461. The lowest BCUT2D eigenvalue weighted by atomic mass is 10.2. The SMILES string of the molecule is CC(C)(C)OC(=O)NCCCNCc1nnc2ccccn12. The van der Waals surface area contributed by atoms with Gasteiger partial charge in [-0.25, -0.2) is 4.79 Å². The summed E-state index contributed by atoms with van der Waals surface area (Å²) in [6.45, 7) is 7.52. The third-order valence-electron chi connectivity index (χ3n) is 2.87. The van der Waals surface area contributed by atoms with Gasteiger partial charge in [-0.2, -0.15) is 0 Å². The molecule has 120 valence electrons. The van der Waals surface area contributed by atoms with Crippen LogP contribution >= 0.6 is 0 Å². The van der Waals surface area contributed by atoms with Crippen molar-refractivity contribution in [3.63, 3.8) is 0 Å². The molecule has 0 bridgehead atoms. The Morgan fingerprint density at radius 1 is 1.27 bits per heavy atom. The van der Waals surface area contributed by atoms with Crippen LogP contribution in [0.25, 0.3) is 5.65 Å². The second-order valence-electron chi connectivity index (χ2n) is 6.00. The average molecular weight is 305 g/mol. The predicted octanol–water partition coefficient (Wildman–Crippen LogP) is 1.73. The molecule has 2 N–H and O–H groups in total. The van der Waals surface area contributed by atoms with E-state index in [1.807, 2.05) is 49.6 Å². The lowest BCUT2D eigenvalue weighted by Gasteiger charge is -2.19. The third kappa shape index (κ3) is 5.00. The molecule has 0 saturated heterocycles. The maximum Gasteiger partial charge on any atom is 0.407 e. The molecule has 0 aliphatic rings. The van der Waals surface area contributed by atoms with Gasteiger partial charge in [0, 0.05) is 12.7 Å². The molecule has 0 radical (unpaired) electrons. The number of carbonyl (C=O) groups is 1. The molecule has 0 saturated carbocycles. The van der Waals surface area contributed by atoms with Crippen LogP contribution in [-0.2, 0) is 11.3 Å². The zero-order valence-electron chi connectivity index (χ0n) is 13.3. The Labute approximate surface area is 130 Å². The van der Waals surface area contributed by atoms with Crippen molar-refractivity contribution in [2.24, 2.45) is 0 Å². The number of amides is 1. The van der Waals surface area contributed by atoms with Crippen LogP contribution in [0, 0.1) is 0 Å². The topological polar surface area (TPSA) is 80.5 Å². The lowest BCUT2D eigenvalue weighted by Crippen LogP contribution is -2.33. The van der Waals surface area contributed by atoms with Crippen molar-refractivity contribution in [1.82, 2.24) is 25.2 Å². The van der Waals surface area contributed by atoms with Crippen LogP contribution in [0.5, 0.6) is 0 Å². The molecule has 7 heteroatoms. The first-order valence-corrected chi connectivity index (χ1v) is 7.42. The Hall–Kier alpha value is -2.15. The molecule has 0 fully saturated rings. The van der Waals surface area contributed by atoms with Gasteiger partial charge >= 0.3 is 6.09 Å². The standard InChI is InChI=1S/C15H23N5O2/c1-15(2,3)22-14(21)17-9-6-8-16-11-13-19-18-12-7-4-5-10-20(12)13/h4-5,7,10,16H,6,8-9,11H2,1-3H3,(H,17,21). The molecule has 0 aromatic carbocycles. The number of hydrogen-bond donors (Lipinski definition) is 2. The number of hydrogen-bond acceptors (Lipinski definition) is 5. The molecule has 0 spiro atoms. The zero-order valence-corrected chi connectivity index (χ0v) is 13.3. The minimum Gasteiger partial charge on any atom is -0.444 e. The molecule has 0 aliphatic carbocycles. The highest BCUT2D eigenvalue weighted by molar-refractivity contribution is 5.67. The number of rotatable bonds is 6. The van der Waals surface area contributed by atoms with Gasteiger partial charge in [-0.1, -0.05) is 6.07 Å². The van der Waals surface area contributed by atoms with Crippen molar-refractivity contribution in [3.05, 3.63) is 30.2 Å². The molecule has 0 unspecified atom stereocenters. The maximum atomic E-state index is 11.4. The van der Waals surface area contributed by atoms with Crippen molar-refractivity contribution in [3.8, 4) is 0 Å². The number of fused-ring (bicyclic) bond motifs is 1. The van der Waals surface area contributed by atoms with Crippen LogP contribution in [0.3, 0.4) is 0 Å². The Balaban J connectivity index is 1.63. The Morgan fingerprint density at radius 3 is 2.86 bits per heavy atom. The van der Waals surface area contributed by atoms with Gasteiger partial charge in [-0.05, 0) is 45.9 Å². The second kappa shape index (κ2) is 7.22. The summed E-state index contributed by atoms with van der Waals surface area (Å²) in [5.41, 5.74) is 0.378. The number of ether oxygens (including phenoxy) is 1. The molecular formula is C15H23N5O2. The maximum absolute atomic E-state index is 11.4. The fraction of sp³-hybridized carbons (Fsp3) is 0.533. The second-order valence-corrected chi connectivity index (χ2v) is 6.00. The van der Waals surface area contributed by atoms with Gasteiger partial charge in [-0.15, -0.1) is 10.2 Å². The summed E-state index contributed by atoms with van der Waals surface area (Å²) in [6.07, 6.45) is 2.38. The summed E-state index contributed by atoms with van der Waals surface area (Å²) in [5, 5.41) is 14.2. The molecule has 1 amide bonds. The molecule has 0 atom stereocenters. The van der Waals surface area contributed by atoms with Gasteiger partial charge in [0.25, 0.3) is 0 Å². The van der Waals surface area contributed by atoms with E-state index in [1.54, 1.807) is 0 Å². The van der Waals surface area contributed by atoms with E-state index in [4.69, 9.17) is 4.74 Å². The predicted molar refractivity (Wildman–Crippen MR) is 83.5 cm³/mol. The lowest BCUT2D eigenvalue weighted by molar-refractivity contribution is 0.0527. The fourth-order valence-corrected chi connectivity index (χ4v) is 1.93. The highest BCUT2D eigenvalue weighted by atomic mass is 16.6. The molecule has 0 aliphatic heterocycles. The van der Waals surface area contributed by atoms with Crippen molar-refractivity contribution >= 4 is 11.7 Å². The molecule has 2 aromatic heterocycles. The normalized spacial score (nSPS) is 11.6. The van der Waals surface area contributed by atoms with Gasteiger partial charge in [0.1, 0.15) is 5.60 Å². The van der Waals surface area contributed by atoms with Crippen LogP contribution in [0.15, 0.2) is 24.4 Å². The molecule has 2 heterocycles. The van der Waals surface area contributed by atoms with Gasteiger partial charge in [0.2, 0.25) is 0 Å². The number of aromatic nitrogens is 3. The summed E-state index contributed by atoms with van der Waals surface area (Å²) in [4.78, 5) is 11.4. The molecule has 2 rings (SSSR count). The number of pyridine rings is 1. The van der Waals surface area contributed by atoms with Gasteiger partial charge < -0.3 is 15.4 Å². The van der Waals surface area contributed by atoms with Gasteiger partial charge in [0.15, 0.2) is 11.5 Å². The first kappa shape index (κ1) is 16.2. The highest BCUT2D eigenvalue weighted by Gasteiger charge is 2.15. The summed E-state index contributed by atoms with van der Waals surface area (Å²) >= 11 is 0. The van der Waals surface area contributed by atoms with Crippen molar-refractivity contribution in [2.45, 2.75) is 39.3 Å². The zero-order chi connectivity index (χ0) is 16.0. The first-order chi connectivity index (χ1) is 10.5. The van der Waals surface area contributed by atoms with Crippen LogP contribution in [0.4, 0.5) is 4.79 Å². The minimum absolute atomic E-state index is 0.379. The van der Waals surface area contributed by atoms with Crippen molar-refractivity contribution < 1.29 is 9.53 Å².